The molecule has 0 amide bonds. The molecule has 0 radical (unpaired) electrons. The van der Waals surface area contributed by atoms with E-state index in [1.807, 2.05) is 10.9 Å². The van der Waals surface area contributed by atoms with Crippen LogP contribution in [0.15, 0.2) is 12.4 Å². The van der Waals surface area contributed by atoms with E-state index in [-0.39, 0.29) is 0 Å². The summed E-state index contributed by atoms with van der Waals surface area (Å²) in [5.74, 6) is 4.47. The van der Waals surface area contributed by atoms with Crippen molar-refractivity contribution in [1.82, 2.24) is 15.1 Å². The average molecular weight is 237 g/mol. The van der Waals surface area contributed by atoms with Gasteiger partial charge in [0.15, 0.2) is 0 Å². The van der Waals surface area contributed by atoms with Gasteiger partial charge in [0.1, 0.15) is 0 Å². The molecule has 1 atom stereocenters. The predicted molar refractivity (Wildman–Crippen MR) is 70.5 cm³/mol. The zero-order valence-electron chi connectivity index (χ0n) is 9.94. The molecule has 1 unspecified atom stereocenters. The van der Waals surface area contributed by atoms with Gasteiger partial charge in [0.05, 0.1) is 11.9 Å². The molecule has 0 fully saturated rings. The number of terminal acetylenes is 1. The van der Waals surface area contributed by atoms with E-state index >= 15 is 0 Å². The average Bonchev–Trinajstić information content (AvgIpc) is 2.77. The Kier molecular flexibility index (Phi) is 6.05. The summed E-state index contributed by atoms with van der Waals surface area (Å²) in [7, 11) is 0. The first-order chi connectivity index (χ1) is 7.77. The number of hydrogen-bond acceptors (Lipinski definition) is 3. The van der Waals surface area contributed by atoms with Gasteiger partial charge in [-0.2, -0.15) is 5.10 Å². The molecule has 88 valence electrons. The van der Waals surface area contributed by atoms with Gasteiger partial charge in [0.2, 0.25) is 0 Å². The van der Waals surface area contributed by atoms with Crippen molar-refractivity contribution in [2.24, 2.45) is 0 Å². The molecule has 0 aromatic carbocycles. The Morgan fingerprint density at radius 3 is 3.12 bits per heavy atom. The molecule has 1 heterocycles. The molecule has 3 nitrogen and oxygen atoms in total. The Morgan fingerprint density at radius 1 is 1.69 bits per heavy atom. The number of thioether (sulfide) groups is 1. The molecule has 0 aliphatic rings. The maximum atomic E-state index is 5.18. The van der Waals surface area contributed by atoms with Gasteiger partial charge in [-0.05, 0) is 13.8 Å². The molecule has 1 N–H and O–H groups in total. The van der Waals surface area contributed by atoms with Crippen LogP contribution in [0.25, 0.3) is 0 Å². The molecule has 0 bridgehead atoms. The lowest BCUT2D eigenvalue weighted by atomic mass is 10.2. The molecule has 1 rings (SSSR count). The molecule has 1 aromatic heterocycles. The summed E-state index contributed by atoms with van der Waals surface area (Å²) in [4.78, 5) is 0. The fourth-order valence-electron chi connectivity index (χ4n) is 1.37. The van der Waals surface area contributed by atoms with E-state index in [9.17, 15) is 0 Å². The minimum atomic E-state index is 0.353. The van der Waals surface area contributed by atoms with Crippen LogP contribution in [0.5, 0.6) is 0 Å². The number of aromatic nitrogens is 2. The van der Waals surface area contributed by atoms with Crippen LogP contribution in [0.1, 0.15) is 25.5 Å². The number of rotatable bonds is 7. The third-order valence-electron chi connectivity index (χ3n) is 2.36. The molecule has 1 aromatic rings. The topological polar surface area (TPSA) is 29.9 Å². The smallest absolute Gasteiger partial charge is 0.0545 e. The third kappa shape index (κ3) is 4.30. The van der Waals surface area contributed by atoms with Gasteiger partial charge < -0.3 is 5.32 Å². The van der Waals surface area contributed by atoms with Crippen LogP contribution in [0.4, 0.5) is 0 Å². The van der Waals surface area contributed by atoms with Crippen LogP contribution in [0, 0.1) is 12.3 Å². The highest BCUT2D eigenvalue weighted by Crippen LogP contribution is 2.10. The predicted octanol–water partition coefficient (Wildman–Crippen LogP) is 1.92. The molecule has 0 saturated carbocycles. The number of nitrogens with one attached hydrogen (secondary N) is 1. The van der Waals surface area contributed by atoms with Crippen molar-refractivity contribution < 1.29 is 0 Å². The van der Waals surface area contributed by atoms with Gasteiger partial charge in [-0.15, -0.1) is 18.2 Å². The lowest BCUT2D eigenvalue weighted by Crippen LogP contribution is -2.21. The highest BCUT2D eigenvalue weighted by atomic mass is 32.2. The summed E-state index contributed by atoms with van der Waals surface area (Å²) in [6.45, 7) is 6.14. The largest absolute Gasteiger partial charge is 0.309 e. The van der Waals surface area contributed by atoms with Crippen LogP contribution in [-0.4, -0.2) is 27.8 Å². The van der Waals surface area contributed by atoms with Crippen molar-refractivity contribution in [2.75, 3.05) is 18.1 Å². The fraction of sp³-hybridized carbons (Fsp3) is 0.583. The molecule has 0 aliphatic heterocycles. The number of nitrogens with zero attached hydrogens (tertiary/aromatic N) is 2. The van der Waals surface area contributed by atoms with Crippen molar-refractivity contribution in [3.05, 3.63) is 18.0 Å². The first kappa shape index (κ1) is 13.1. The second-order valence-corrected chi connectivity index (χ2v) is 4.67. The summed E-state index contributed by atoms with van der Waals surface area (Å²) in [6.07, 6.45) is 9.19. The van der Waals surface area contributed by atoms with Crippen molar-refractivity contribution in [3.8, 4) is 12.3 Å². The van der Waals surface area contributed by atoms with E-state index in [2.05, 4.69) is 36.4 Å². The summed E-state index contributed by atoms with van der Waals surface area (Å²) in [6, 6.07) is 0.353. The van der Waals surface area contributed by atoms with E-state index in [0.717, 1.165) is 24.6 Å². The monoisotopic (exact) mass is 237 g/mol. The van der Waals surface area contributed by atoms with Crippen LogP contribution in [0.2, 0.25) is 0 Å². The second kappa shape index (κ2) is 7.37. The van der Waals surface area contributed by atoms with E-state index in [4.69, 9.17) is 6.42 Å². The van der Waals surface area contributed by atoms with Crippen molar-refractivity contribution in [2.45, 2.75) is 26.4 Å². The minimum absolute atomic E-state index is 0.353. The van der Waals surface area contributed by atoms with Crippen molar-refractivity contribution >= 4 is 11.8 Å². The Hall–Kier alpha value is -0.920. The summed E-state index contributed by atoms with van der Waals surface area (Å²) < 4.78 is 1.95. The maximum absolute atomic E-state index is 5.18. The highest BCUT2D eigenvalue weighted by molar-refractivity contribution is 7.99. The molecule has 4 heteroatoms. The van der Waals surface area contributed by atoms with Gasteiger partial charge in [-0.1, -0.05) is 5.92 Å². The quantitative estimate of drug-likeness (QED) is 0.580. The van der Waals surface area contributed by atoms with Crippen LogP contribution < -0.4 is 5.32 Å². The third-order valence-corrected chi connectivity index (χ3v) is 3.22. The highest BCUT2D eigenvalue weighted by Gasteiger charge is 2.06. The summed E-state index contributed by atoms with van der Waals surface area (Å²) >= 11 is 1.78. The molecular formula is C12H19N3S. The summed E-state index contributed by atoms with van der Waals surface area (Å²) in [5.41, 5.74) is 1.24. The van der Waals surface area contributed by atoms with E-state index in [0.29, 0.717) is 6.04 Å². The van der Waals surface area contributed by atoms with E-state index in [1.165, 1.54) is 5.56 Å². The Balaban J connectivity index is 2.24. The van der Waals surface area contributed by atoms with Gasteiger partial charge >= 0.3 is 0 Å². The lowest BCUT2D eigenvalue weighted by Gasteiger charge is -2.11. The van der Waals surface area contributed by atoms with Crippen molar-refractivity contribution in [1.29, 1.82) is 0 Å². The van der Waals surface area contributed by atoms with Gasteiger partial charge in [0, 0.05) is 36.6 Å². The summed E-state index contributed by atoms with van der Waals surface area (Å²) in [5, 5.41) is 7.71. The SMILES string of the molecule is C#CCSCCNC(C)c1cnn(CC)c1. The standard InChI is InChI=1S/C12H19N3S/c1-4-7-16-8-6-13-11(3)12-9-14-15(5-2)10-12/h1,9-11,13H,5-8H2,2-3H3. The fourth-order valence-corrected chi connectivity index (χ4v) is 1.90. The normalized spacial score (nSPS) is 12.3. The Labute approximate surface area is 102 Å². The number of aryl methyl sites for hydroxylation is 1. The molecular weight excluding hydrogens is 218 g/mol. The molecule has 0 spiro atoms. The van der Waals surface area contributed by atoms with Gasteiger partial charge in [0.25, 0.3) is 0 Å². The minimum Gasteiger partial charge on any atom is -0.309 e. The van der Waals surface area contributed by atoms with Crippen molar-refractivity contribution in [3.63, 3.8) is 0 Å². The van der Waals surface area contributed by atoms with Crippen LogP contribution >= 0.6 is 11.8 Å². The maximum Gasteiger partial charge on any atom is 0.0545 e. The second-order valence-electron chi connectivity index (χ2n) is 3.56. The van der Waals surface area contributed by atoms with Gasteiger partial charge in [-0.3, -0.25) is 4.68 Å². The molecule has 0 aliphatic carbocycles. The Morgan fingerprint density at radius 2 is 2.50 bits per heavy atom. The van der Waals surface area contributed by atoms with E-state index < -0.39 is 0 Å². The van der Waals surface area contributed by atoms with Crippen LogP contribution in [0.3, 0.4) is 0 Å². The zero-order chi connectivity index (χ0) is 11.8. The first-order valence-corrected chi connectivity index (χ1v) is 6.70. The van der Waals surface area contributed by atoms with Gasteiger partial charge in [-0.25, -0.2) is 0 Å². The number of hydrogen-bond donors (Lipinski definition) is 1. The Bertz CT molecular complexity index is 340. The molecule has 0 saturated heterocycles. The molecule has 16 heavy (non-hydrogen) atoms. The zero-order valence-corrected chi connectivity index (χ0v) is 10.8. The van der Waals surface area contributed by atoms with Crippen LogP contribution in [-0.2, 0) is 6.54 Å². The lowest BCUT2D eigenvalue weighted by molar-refractivity contribution is 0.598. The van der Waals surface area contributed by atoms with E-state index in [1.54, 1.807) is 11.8 Å². The first-order valence-electron chi connectivity index (χ1n) is 5.54.